The standard InChI is InChI=1S/C24H20FN5O/c1-30-7-6-20-16(13-30)8-15(12-27-20)24-18-10-17(14(11-26)9-21(18)28-29-24)23-19(25)4-3-5-22(23)31-2/h3-5,8-10,12H,6-7,13H2,1-2H3,(H,28,29). The molecule has 0 atom stereocenters. The molecule has 0 spiro atoms. The molecular formula is C24H20FN5O. The van der Waals surface area contributed by atoms with Crippen LogP contribution in [0.1, 0.15) is 16.8 Å². The summed E-state index contributed by atoms with van der Waals surface area (Å²) in [6, 6.07) is 12.4. The predicted octanol–water partition coefficient (Wildman–Crippen LogP) is 4.30. The molecule has 3 heterocycles. The van der Waals surface area contributed by atoms with Crippen LogP contribution < -0.4 is 4.74 Å². The SMILES string of the molecule is COc1cccc(F)c1-c1cc2c(-c3cnc4c(c3)CN(C)CC4)n[nH]c2cc1C#N. The fourth-order valence-corrected chi connectivity index (χ4v) is 4.22. The van der Waals surface area contributed by atoms with Gasteiger partial charge in [0.15, 0.2) is 0 Å². The van der Waals surface area contributed by atoms with Gasteiger partial charge in [-0.2, -0.15) is 10.4 Å². The molecule has 0 saturated carbocycles. The van der Waals surface area contributed by atoms with Crippen LogP contribution in [-0.4, -0.2) is 40.8 Å². The third-order valence-corrected chi connectivity index (χ3v) is 5.79. The molecule has 0 fully saturated rings. The van der Waals surface area contributed by atoms with Crippen LogP contribution >= 0.6 is 0 Å². The van der Waals surface area contributed by atoms with Crippen LogP contribution in [-0.2, 0) is 13.0 Å². The van der Waals surface area contributed by atoms with Crippen LogP contribution in [0.5, 0.6) is 5.75 Å². The number of hydrogen-bond acceptors (Lipinski definition) is 5. The lowest BCUT2D eigenvalue weighted by Crippen LogP contribution is -2.27. The van der Waals surface area contributed by atoms with Gasteiger partial charge < -0.3 is 9.64 Å². The summed E-state index contributed by atoms with van der Waals surface area (Å²) >= 11 is 0. The van der Waals surface area contributed by atoms with Gasteiger partial charge in [0, 0.05) is 47.9 Å². The number of nitrogens with zero attached hydrogens (tertiary/aromatic N) is 4. The molecule has 0 radical (unpaired) electrons. The van der Waals surface area contributed by atoms with Gasteiger partial charge in [0.1, 0.15) is 17.3 Å². The quantitative estimate of drug-likeness (QED) is 0.542. The molecule has 0 bridgehead atoms. The number of pyridine rings is 1. The number of H-pyrrole nitrogens is 1. The summed E-state index contributed by atoms with van der Waals surface area (Å²) < 4.78 is 20.2. The van der Waals surface area contributed by atoms with E-state index in [-0.39, 0.29) is 5.56 Å². The Morgan fingerprint density at radius 3 is 2.94 bits per heavy atom. The fraction of sp³-hybridized carbons (Fsp3) is 0.208. The first-order valence-corrected chi connectivity index (χ1v) is 10.0. The highest BCUT2D eigenvalue weighted by Crippen LogP contribution is 2.38. The van der Waals surface area contributed by atoms with Crippen molar-refractivity contribution in [3.63, 3.8) is 0 Å². The van der Waals surface area contributed by atoms with Gasteiger partial charge in [0.05, 0.1) is 29.8 Å². The van der Waals surface area contributed by atoms with Crippen molar-refractivity contribution in [2.24, 2.45) is 0 Å². The molecule has 1 aliphatic heterocycles. The maximum Gasteiger partial charge on any atom is 0.134 e. The highest BCUT2D eigenvalue weighted by Gasteiger charge is 2.20. The van der Waals surface area contributed by atoms with Crippen molar-refractivity contribution in [2.45, 2.75) is 13.0 Å². The molecule has 5 rings (SSSR count). The highest BCUT2D eigenvalue weighted by molar-refractivity contribution is 5.98. The number of nitrogens with one attached hydrogen (secondary N) is 1. The van der Waals surface area contributed by atoms with Crippen LogP contribution in [0.4, 0.5) is 4.39 Å². The number of fused-ring (bicyclic) bond motifs is 2. The van der Waals surface area contributed by atoms with Crippen molar-refractivity contribution in [1.82, 2.24) is 20.1 Å². The summed E-state index contributed by atoms with van der Waals surface area (Å²) in [5.74, 6) is -0.0712. The van der Waals surface area contributed by atoms with Crippen molar-refractivity contribution >= 4 is 10.9 Å². The van der Waals surface area contributed by atoms with Gasteiger partial charge in [0.25, 0.3) is 0 Å². The van der Waals surface area contributed by atoms with Crippen LogP contribution in [0.25, 0.3) is 33.3 Å². The monoisotopic (exact) mass is 413 g/mol. The van der Waals surface area contributed by atoms with E-state index >= 15 is 0 Å². The molecule has 0 aliphatic carbocycles. The molecule has 1 N–H and O–H groups in total. The minimum absolute atomic E-state index is 0.265. The Morgan fingerprint density at radius 2 is 2.13 bits per heavy atom. The Hall–Kier alpha value is -3.76. The van der Waals surface area contributed by atoms with Gasteiger partial charge in [-0.1, -0.05) is 6.07 Å². The molecule has 31 heavy (non-hydrogen) atoms. The van der Waals surface area contributed by atoms with Gasteiger partial charge in [-0.05, 0) is 42.9 Å². The number of nitriles is 1. The summed E-state index contributed by atoms with van der Waals surface area (Å²) in [5, 5.41) is 18.0. The Bertz CT molecular complexity index is 1350. The Morgan fingerprint density at radius 1 is 1.26 bits per heavy atom. The zero-order valence-electron chi connectivity index (χ0n) is 17.2. The largest absolute Gasteiger partial charge is 0.496 e. The molecule has 0 saturated heterocycles. The summed E-state index contributed by atoms with van der Waals surface area (Å²) in [5.41, 5.74) is 5.70. The maximum atomic E-state index is 14.8. The first-order chi connectivity index (χ1) is 15.1. The van der Waals surface area contributed by atoms with Crippen molar-refractivity contribution in [2.75, 3.05) is 20.7 Å². The summed E-state index contributed by atoms with van der Waals surface area (Å²) in [6.07, 6.45) is 2.76. The topological polar surface area (TPSA) is 77.8 Å². The van der Waals surface area contributed by atoms with Gasteiger partial charge in [-0.3, -0.25) is 10.1 Å². The number of aromatic nitrogens is 3. The molecule has 154 valence electrons. The molecule has 0 amide bonds. The number of benzene rings is 2. The zero-order chi connectivity index (χ0) is 21.5. The van der Waals surface area contributed by atoms with E-state index in [0.29, 0.717) is 22.4 Å². The molecule has 2 aromatic heterocycles. The number of rotatable bonds is 3. The number of methoxy groups -OCH3 is 1. The summed E-state index contributed by atoms with van der Waals surface area (Å²) in [6.45, 7) is 1.84. The third kappa shape index (κ3) is 3.22. The van der Waals surface area contributed by atoms with Crippen molar-refractivity contribution < 1.29 is 9.13 Å². The van der Waals surface area contributed by atoms with Gasteiger partial charge in [-0.25, -0.2) is 4.39 Å². The smallest absolute Gasteiger partial charge is 0.134 e. The second kappa shape index (κ2) is 7.49. The number of ether oxygens (including phenoxy) is 1. The van der Waals surface area contributed by atoms with E-state index in [0.717, 1.165) is 41.8 Å². The van der Waals surface area contributed by atoms with Crippen LogP contribution in [0.3, 0.4) is 0 Å². The lowest BCUT2D eigenvalue weighted by molar-refractivity contribution is 0.310. The Labute approximate surface area is 178 Å². The van der Waals surface area contributed by atoms with E-state index in [1.54, 1.807) is 24.3 Å². The van der Waals surface area contributed by atoms with E-state index in [1.807, 2.05) is 6.20 Å². The minimum Gasteiger partial charge on any atom is -0.496 e. The first-order valence-electron chi connectivity index (χ1n) is 10.0. The van der Waals surface area contributed by atoms with Gasteiger partial charge in [0.2, 0.25) is 0 Å². The molecule has 2 aromatic carbocycles. The van der Waals surface area contributed by atoms with Crippen molar-refractivity contribution in [3.8, 4) is 34.2 Å². The first kappa shape index (κ1) is 19.2. The van der Waals surface area contributed by atoms with Crippen LogP contribution in [0, 0.1) is 17.1 Å². The Balaban J connectivity index is 1.71. The number of halogens is 1. The van der Waals surface area contributed by atoms with Crippen LogP contribution in [0.15, 0.2) is 42.6 Å². The Kier molecular flexibility index (Phi) is 4.64. The van der Waals surface area contributed by atoms with Crippen molar-refractivity contribution in [1.29, 1.82) is 5.26 Å². The lowest BCUT2D eigenvalue weighted by Gasteiger charge is -2.24. The van der Waals surface area contributed by atoms with E-state index in [9.17, 15) is 9.65 Å². The molecule has 7 heteroatoms. The lowest BCUT2D eigenvalue weighted by atomic mass is 9.95. The molecule has 6 nitrogen and oxygen atoms in total. The fourth-order valence-electron chi connectivity index (χ4n) is 4.22. The summed E-state index contributed by atoms with van der Waals surface area (Å²) in [4.78, 5) is 6.92. The second-order valence-corrected chi connectivity index (χ2v) is 7.76. The number of likely N-dealkylation sites (N-methyl/N-ethyl adjacent to an activating group) is 1. The highest BCUT2D eigenvalue weighted by atomic mass is 19.1. The van der Waals surface area contributed by atoms with Gasteiger partial charge in [-0.15, -0.1) is 0 Å². The molecule has 1 aliphatic rings. The zero-order valence-corrected chi connectivity index (χ0v) is 17.2. The molecule has 0 unspecified atom stereocenters. The average molecular weight is 413 g/mol. The van der Waals surface area contributed by atoms with E-state index < -0.39 is 5.82 Å². The number of aromatic amines is 1. The third-order valence-electron chi connectivity index (χ3n) is 5.79. The molecular weight excluding hydrogens is 393 g/mol. The van der Waals surface area contributed by atoms with E-state index in [1.165, 1.54) is 18.7 Å². The van der Waals surface area contributed by atoms with Crippen LogP contribution in [0.2, 0.25) is 0 Å². The van der Waals surface area contributed by atoms with E-state index in [4.69, 9.17) is 4.74 Å². The second-order valence-electron chi connectivity index (χ2n) is 7.76. The predicted molar refractivity (Wildman–Crippen MR) is 116 cm³/mol. The number of hydrogen-bond donors (Lipinski definition) is 1. The summed E-state index contributed by atoms with van der Waals surface area (Å²) in [7, 11) is 3.58. The molecule has 4 aromatic rings. The normalized spacial score (nSPS) is 13.7. The van der Waals surface area contributed by atoms with Crippen molar-refractivity contribution in [3.05, 3.63) is 65.2 Å². The average Bonchev–Trinajstić information content (AvgIpc) is 3.20. The maximum absolute atomic E-state index is 14.8. The minimum atomic E-state index is -0.446. The van der Waals surface area contributed by atoms with E-state index in [2.05, 4.69) is 39.3 Å². The van der Waals surface area contributed by atoms with Gasteiger partial charge >= 0.3 is 0 Å².